The highest BCUT2D eigenvalue weighted by Crippen LogP contribution is 2.37. The molecule has 1 aromatic rings. The first kappa shape index (κ1) is 24.9. The average Bonchev–Trinajstić information content (AvgIpc) is 3.14. The number of carbonyl (C=O) groups excluding carboxylic acids is 3. The molecule has 0 aromatic heterocycles. The van der Waals surface area contributed by atoms with Gasteiger partial charge in [-0.15, -0.1) is 5.06 Å². The van der Waals surface area contributed by atoms with Crippen molar-refractivity contribution in [3.05, 3.63) is 65.8 Å². The SMILES string of the molecule is C1=CC2C=Cc3ccccc3C2C=C1.CC.CC.CNC(=O)ON1C(=O)CCC1=O. The van der Waals surface area contributed by atoms with E-state index in [1.807, 2.05) is 27.7 Å². The molecule has 4 rings (SSSR count). The number of nitrogens with one attached hydrogen (secondary N) is 1. The van der Waals surface area contributed by atoms with Gasteiger partial charge in [0.05, 0.1) is 0 Å². The van der Waals surface area contributed by atoms with E-state index in [1.54, 1.807) is 0 Å². The molecule has 3 aliphatic rings. The lowest BCUT2D eigenvalue weighted by molar-refractivity contribution is -0.171. The van der Waals surface area contributed by atoms with Crippen molar-refractivity contribution in [2.45, 2.75) is 46.5 Å². The van der Waals surface area contributed by atoms with Crippen LogP contribution in [-0.2, 0) is 14.4 Å². The molecule has 1 fully saturated rings. The van der Waals surface area contributed by atoms with E-state index in [-0.39, 0.29) is 12.8 Å². The third kappa shape index (κ3) is 6.44. The molecule has 0 bridgehead atoms. The minimum absolute atomic E-state index is 0.107. The molecule has 6 heteroatoms. The van der Waals surface area contributed by atoms with Gasteiger partial charge in [-0.1, -0.05) is 88.4 Å². The summed E-state index contributed by atoms with van der Waals surface area (Å²) in [4.78, 5) is 36.6. The summed E-state index contributed by atoms with van der Waals surface area (Å²) in [5.74, 6) is 0.156. The van der Waals surface area contributed by atoms with Gasteiger partial charge in [-0.25, -0.2) is 4.79 Å². The summed E-state index contributed by atoms with van der Waals surface area (Å²) < 4.78 is 0. The number of hydrogen-bond acceptors (Lipinski definition) is 4. The monoisotopic (exact) mass is 412 g/mol. The molecule has 1 aromatic carbocycles. The molecule has 0 saturated carbocycles. The fourth-order valence-corrected chi connectivity index (χ4v) is 3.09. The van der Waals surface area contributed by atoms with Crippen molar-refractivity contribution in [3.63, 3.8) is 0 Å². The van der Waals surface area contributed by atoms with Crippen LogP contribution in [0.3, 0.4) is 0 Å². The third-order valence-corrected chi connectivity index (χ3v) is 4.41. The van der Waals surface area contributed by atoms with E-state index in [4.69, 9.17) is 0 Å². The number of hydrogen-bond donors (Lipinski definition) is 1. The van der Waals surface area contributed by atoms with E-state index < -0.39 is 17.9 Å². The van der Waals surface area contributed by atoms with Crippen LogP contribution in [0.5, 0.6) is 0 Å². The maximum atomic E-state index is 10.8. The normalized spacial score (nSPS) is 19.7. The molecular formula is C24H32N2O4. The Morgan fingerprint density at radius 2 is 1.57 bits per heavy atom. The molecule has 1 saturated heterocycles. The average molecular weight is 413 g/mol. The van der Waals surface area contributed by atoms with Gasteiger partial charge in [0.1, 0.15) is 0 Å². The first-order chi connectivity index (χ1) is 14.6. The molecule has 1 aliphatic heterocycles. The van der Waals surface area contributed by atoms with Crippen molar-refractivity contribution in [2.24, 2.45) is 5.92 Å². The van der Waals surface area contributed by atoms with Crippen molar-refractivity contribution in [3.8, 4) is 0 Å². The molecule has 162 valence electrons. The van der Waals surface area contributed by atoms with E-state index in [0.717, 1.165) is 0 Å². The van der Waals surface area contributed by atoms with Gasteiger partial charge in [-0.3, -0.25) is 9.59 Å². The predicted molar refractivity (Wildman–Crippen MR) is 119 cm³/mol. The van der Waals surface area contributed by atoms with E-state index in [1.165, 1.54) is 18.2 Å². The molecule has 3 amide bonds. The van der Waals surface area contributed by atoms with Gasteiger partial charge in [0.15, 0.2) is 0 Å². The lowest BCUT2D eigenvalue weighted by Crippen LogP contribution is -2.35. The Hall–Kier alpha value is -3.15. The third-order valence-electron chi connectivity index (χ3n) is 4.41. The molecule has 30 heavy (non-hydrogen) atoms. The Bertz CT molecular complexity index is 795. The van der Waals surface area contributed by atoms with E-state index in [2.05, 4.69) is 70.9 Å². The lowest BCUT2D eigenvalue weighted by atomic mass is 9.77. The van der Waals surface area contributed by atoms with Crippen LogP contribution >= 0.6 is 0 Å². The standard InChI is InChI=1S/C14H12.C6H8N2O4.2C2H6/c1-3-7-13-11(5-1)9-10-12-6-2-4-8-14(12)13;1-7-6(11)12-8-4(9)2-3-5(8)10;2*1-2/h1-11,13H;2-3H2,1H3,(H,7,11);2*1-2H3. The second-order valence-electron chi connectivity index (χ2n) is 6.07. The molecule has 6 nitrogen and oxygen atoms in total. The zero-order valence-electron chi connectivity index (χ0n) is 18.4. The van der Waals surface area contributed by atoms with Gasteiger partial charge < -0.3 is 10.2 Å². The first-order valence-electron chi connectivity index (χ1n) is 10.5. The summed E-state index contributed by atoms with van der Waals surface area (Å²) in [6.07, 6.45) is 12.8. The van der Waals surface area contributed by atoms with Gasteiger partial charge in [0.2, 0.25) is 0 Å². The highest BCUT2D eigenvalue weighted by molar-refractivity contribution is 6.01. The Morgan fingerprint density at radius 1 is 0.967 bits per heavy atom. The maximum absolute atomic E-state index is 10.8. The fraction of sp³-hybridized carbons (Fsp3) is 0.375. The number of rotatable bonds is 1. The van der Waals surface area contributed by atoms with Gasteiger partial charge in [-0.2, -0.15) is 0 Å². The summed E-state index contributed by atoms with van der Waals surface area (Å²) in [5.41, 5.74) is 2.83. The summed E-state index contributed by atoms with van der Waals surface area (Å²) in [6.45, 7) is 8.00. The van der Waals surface area contributed by atoms with Crippen LogP contribution in [0.4, 0.5) is 4.79 Å². The summed E-state index contributed by atoms with van der Waals surface area (Å²) >= 11 is 0. The smallest absolute Gasteiger partial charge is 0.323 e. The number of imide groups is 1. The number of nitrogens with zero attached hydrogens (tertiary/aromatic N) is 1. The van der Waals surface area contributed by atoms with E-state index in [0.29, 0.717) is 16.9 Å². The Morgan fingerprint density at radius 3 is 2.20 bits per heavy atom. The Labute approximate surface area is 179 Å². The van der Waals surface area contributed by atoms with E-state index in [9.17, 15) is 14.4 Å². The van der Waals surface area contributed by atoms with Crippen molar-refractivity contribution in [2.75, 3.05) is 7.05 Å². The van der Waals surface area contributed by atoms with Crippen LogP contribution in [0.2, 0.25) is 0 Å². The second-order valence-corrected chi connectivity index (χ2v) is 6.07. The van der Waals surface area contributed by atoms with Crippen molar-refractivity contribution >= 4 is 24.0 Å². The number of benzene rings is 1. The summed E-state index contributed by atoms with van der Waals surface area (Å²) in [6, 6.07) is 8.65. The van der Waals surface area contributed by atoms with Crippen LogP contribution in [0.25, 0.3) is 6.08 Å². The van der Waals surface area contributed by atoms with Crippen molar-refractivity contribution in [1.29, 1.82) is 0 Å². The highest BCUT2D eigenvalue weighted by Gasteiger charge is 2.32. The molecular weight excluding hydrogens is 380 g/mol. The van der Waals surface area contributed by atoms with Crippen LogP contribution in [-0.4, -0.2) is 30.0 Å². The van der Waals surface area contributed by atoms with Crippen LogP contribution in [0.15, 0.2) is 54.6 Å². The highest BCUT2D eigenvalue weighted by atomic mass is 16.7. The molecule has 2 aliphatic carbocycles. The molecule has 1 heterocycles. The molecule has 0 spiro atoms. The summed E-state index contributed by atoms with van der Waals surface area (Å²) in [5, 5.41) is 2.61. The van der Waals surface area contributed by atoms with Crippen molar-refractivity contribution < 1.29 is 19.2 Å². The van der Waals surface area contributed by atoms with E-state index >= 15 is 0 Å². The first-order valence-corrected chi connectivity index (χ1v) is 10.5. The fourth-order valence-electron chi connectivity index (χ4n) is 3.09. The van der Waals surface area contributed by atoms with Crippen LogP contribution < -0.4 is 5.32 Å². The zero-order chi connectivity index (χ0) is 22.5. The van der Waals surface area contributed by atoms with Crippen LogP contribution in [0, 0.1) is 5.92 Å². The summed E-state index contributed by atoms with van der Waals surface area (Å²) in [7, 11) is 1.34. The van der Waals surface area contributed by atoms with Crippen molar-refractivity contribution in [1.82, 2.24) is 10.4 Å². The lowest BCUT2D eigenvalue weighted by Gasteiger charge is -2.27. The minimum Gasteiger partial charge on any atom is -0.323 e. The largest absolute Gasteiger partial charge is 0.431 e. The number of allylic oxidation sites excluding steroid dienone is 5. The number of fused-ring (bicyclic) bond motifs is 3. The quantitative estimate of drug-likeness (QED) is 0.659. The minimum atomic E-state index is -0.821. The Kier molecular flexibility index (Phi) is 10.9. The zero-order valence-corrected chi connectivity index (χ0v) is 18.4. The predicted octanol–water partition coefficient (Wildman–Crippen LogP) is 5.00. The topological polar surface area (TPSA) is 75.7 Å². The second kappa shape index (κ2) is 13.1. The maximum Gasteiger partial charge on any atom is 0.431 e. The molecule has 2 atom stereocenters. The molecule has 0 radical (unpaired) electrons. The van der Waals surface area contributed by atoms with Gasteiger partial charge in [0, 0.05) is 31.7 Å². The number of carbonyl (C=O) groups is 3. The van der Waals surface area contributed by atoms with Gasteiger partial charge in [0.25, 0.3) is 11.8 Å². The molecule has 1 N–H and O–H groups in total. The van der Waals surface area contributed by atoms with Gasteiger partial charge in [-0.05, 0) is 11.1 Å². The Balaban J connectivity index is 0.000000261. The van der Waals surface area contributed by atoms with Crippen LogP contribution in [0.1, 0.15) is 57.6 Å². The number of amides is 3. The molecule has 2 unspecified atom stereocenters. The number of hydroxylamine groups is 2. The van der Waals surface area contributed by atoms with Gasteiger partial charge >= 0.3 is 6.09 Å².